The Morgan fingerprint density at radius 1 is 1.22 bits per heavy atom. The quantitative estimate of drug-likeness (QED) is 0.490. The van der Waals surface area contributed by atoms with Gasteiger partial charge in [-0.1, -0.05) is 19.9 Å². The number of anilines is 3. The molecule has 2 aliphatic rings. The minimum absolute atomic E-state index is 0.271. The Morgan fingerprint density at radius 2 is 1.89 bits per heavy atom. The van der Waals surface area contributed by atoms with Gasteiger partial charge in [0.05, 0.1) is 48.2 Å². The summed E-state index contributed by atoms with van der Waals surface area (Å²) in [7, 11) is -2.14. The van der Waals surface area contributed by atoms with Crippen molar-refractivity contribution in [2.24, 2.45) is 5.92 Å². The van der Waals surface area contributed by atoms with Crippen molar-refractivity contribution in [1.82, 2.24) is 14.7 Å². The summed E-state index contributed by atoms with van der Waals surface area (Å²) in [5, 5.41) is 3.44. The van der Waals surface area contributed by atoms with Gasteiger partial charge in [0.25, 0.3) is 0 Å². The van der Waals surface area contributed by atoms with Crippen molar-refractivity contribution in [3.8, 4) is 6.01 Å². The van der Waals surface area contributed by atoms with Gasteiger partial charge in [0.1, 0.15) is 0 Å². The Balaban J connectivity index is 1.74. The van der Waals surface area contributed by atoms with Crippen LogP contribution >= 0.6 is 0 Å². The SMILES string of the molecule is COc1ncc(Nc2cc(C3(C(=O)NS(C)(=O)=O)CC3)ccc2N(CC(C)C)C2CCOCC2)cn1. The minimum atomic E-state index is -3.65. The summed E-state index contributed by atoms with van der Waals surface area (Å²) >= 11 is 0. The molecule has 11 heteroatoms. The van der Waals surface area contributed by atoms with E-state index in [2.05, 4.69) is 38.8 Å². The molecule has 196 valence electrons. The maximum atomic E-state index is 12.9. The third kappa shape index (κ3) is 6.07. The van der Waals surface area contributed by atoms with Gasteiger partial charge in [-0.05, 0) is 49.3 Å². The molecule has 0 atom stereocenters. The van der Waals surface area contributed by atoms with E-state index < -0.39 is 21.3 Å². The highest BCUT2D eigenvalue weighted by Crippen LogP contribution is 2.50. The zero-order chi connectivity index (χ0) is 25.9. The number of carbonyl (C=O) groups is 1. The third-order valence-corrected chi connectivity index (χ3v) is 7.16. The molecule has 10 nitrogen and oxygen atoms in total. The average Bonchev–Trinajstić information content (AvgIpc) is 3.65. The third-order valence-electron chi connectivity index (χ3n) is 6.60. The second kappa shape index (κ2) is 10.6. The van der Waals surface area contributed by atoms with Gasteiger partial charge >= 0.3 is 6.01 Å². The predicted octanol–water partition coefficient (Wildman–Crippen LogP) is 2.98. The number of nitrogens with one attached hydrogen (secondary N) is 2. The van der Waals surface area contributed by atoms with Crippen LogP contribution in [0.1, 0.15) is 45.1 Å². The van der Waals surface area contributed by atoms with Crippen molar-refractivity contribution >= 4 is 33.0 Å². The highest BCUT2D eigenvalue weighted by atomic mass is 32.2. The van der Waals surface area contributed by atoms with Crippen molar-refractivity contribution in [1.29, 1.82) is 0 Å². The van der Waals surface area contributed by atoms with Crippen molar-refractivity contribution < 1.29 is 22.7 Å². The molecule has 2 N–H and O–H groups in total. The van der Waals surface area contributed by atoms with E-state index in [1.165, 1.54) is 7.11 Å². The summed E-state index contributed by atoms with van der Waals surface area (Å²) in [6.07, 6.45) is 7.33. The van der Waals surface area contributed by atoms with Crippen LogP contribution in [0.4, 0.5) is 17.1 Å². The number of carbonyl (C=O) groups excluding carboxylic acids is 1. The predicted molar refractivity (Wildman–Crippen MR) is 138 cm³/mol. The summed E-state index contributed by atoms with van der Waals surface area (Å²) in [6, 6.07) is 6.54. The van der Waals surface area contributed by atoms with Crippen LogP contribution in [-0.2, 0) is 25.0 Å². The van der Waals surface area contributed by atoms with Crippen molar-refractivity contribution in [3.63, 3.8) is 0 Å². The lowest BCUT2D eigenvalue weighted by Crippen LogP contribution is -2.42. The van der Waals surface area contributed by atoms with E-state index in [1.54, 1.807) is 12.4 Å². The van der Waals surface area contributed by atoms with Crippen LogP contribution in [0.5, 0.6) is 6.01 Å². The Labute approximate surface area is 212 Å². The number of rotatable bonds is 10. The summed E-state index contributed by atoms with van der Waals surface area (Å²) in [6.45, 7) is 6.69. The first-order valence-electron chi connectivity index (χ1n) is 12.3. The molecule has 1 saturated carbocycles. The number of hydrogen-bond acceptors (Lipinski definition) is 9. The molecule has 36 heavy (non-hydrogen) atoms. The van der Waals surface area contributed by atoms with Crippen LogP contribution in [0, 0.1) is 5.92 Å². The molecule has 1 saturated heterocycles. The number of methoxy groups -OCH3 is 1. The van der Waals surface area contributed by atoms with Gasteiger partial charge in [-0.25, -0.2) is 18.4 Å². The molecule has 1 aliphatic carbocycles. The number of sulfonamides is 1. The summed E-state index contributed by atoms with van der Waals surface area (Å²) < 4.78 is 36.4. The molecule has 2 aromatic rings. The molecule has 2 heterocycles. The monoisotopic (exact) mass is 517 g/mol. The number of benzene rings is 1. The van der Waals surface area contributed by atoms with Gasteiger partial charge in [-0.2, -0.15) is 0 Å². The smallest absolute Gasteiger partial charge is 0.316 e. The lowest BCUT2D eigenvalue weighted by atomic mass is 9.93. The molecule has 1 aromatic heterocycles. The number of hydrogen-bond donors (Lipinski definition) is 2. The average molecular weight is 518 g/mol. The fraction of sp³-hybridized carbons (Fsp3) is 0.560. The van der Waals surface area contributed by atoms with Crippen LogP contribution in [0.3, 0.4) is 0 Å². The first-order valence-corrected chi connectivity index (χ1v) is 14.1. The molecule has 1 aromatic carbocycles. The van der Waals surface area contributed by atoms with E-state index in [1.807, 2.05) is 18.2 Å². The normalized spacial score (nSPS) is 17.5. The lowest BCUT2D eigenvalue weighted by molar-refractivity contribution is -0.121. The van der Waals surface area contributed by atoms with E-state index in [4.69, 9.17) is 9.47 Å². The molecule has 2 fully saturated rings. The van der Waals surface area contributed by atoms with Gasteiger partial charge in [0.15, 0.2) is 0 Å². The van der Waals surface area contributed by atoms with Gasteiger partial charge < -0.3 is 19.7 Å². The van der Waals surface area contributed by atoms with Crippen LogP contribution in [0.2, 0.25) is 0 Å². The lowest BCUT2D eigenvalue weighted by Gasteiger charge is -2.38. The molecule has 4 rings (SSSR count). The molecular weight excluding hydrogens is 482 g/mol. The van der Waals surface area contributed by atoms with Crippen LogP contribution in [-0.4, -0.2) is 63.5 Å². The molecule has 1 amide bonds. The van der Waals surface area contributed by atoms with Crippen LogP contribution < -0.4 is 19.7 Å². The van der Waals surface area contributed by atoms with E-state index in [0.717, 1.165) is 55.8 Å². The van der Waals surface area contributed by atoms with Crippen molar-refractivity contribution in [3.05, 3.63) is 36.2 Å². The minimum Gasteiger partial charge on any atom is -0.467 e. The number of amides is 1. The highest BCUT2D eigenvalue weighted by Gasteiger charge is 2.52. The van der Waals surface area contributed by atoms with E-state index in [0.29, 0.717) is 30.5 Å². The van der Waals surface area contributed by atoms with Gasteiger partial charge in [0.2, 0.25) is 15.9 Å². The first kappa shape index (κ1) is 26.2. The zero-order valence-electron chi connectivity index (χ0n) is 21.3. The zero-order valence-corrected chi connectivity index (χ0v) is 22.1. The molecular formula is C25H35N5O5S. The van der Waals surface area contributed by atoms with E-state index >= 15 is 0 Å². The Morgan fingerprint density at radius 3 is 2.44 bits per heavy atom. The molecule has 0 bridgehead atoms. The number of ether oxygens (including phenoxy) is 2. The topological polar surface area (TPSA) is 123 Å². The summed E-state index contributed by atoms with van der Waals surface area (Å²) in [5.41, 5.74) is 2.42. The Hall–Kier alpha value is -2.92. The fourth-order valence-corrected chi connectivity index (χ4v) is 5.23. The highest BCUT2D eigenvalue weighted by molar-refractivity contribution is 7.89. The standard InChI is InChI=1S/C25H35N5O5S/c1-17(2)16-30(20-7-11-35-12-8-20)22-6-5-18(25(9-10-25)23(31)29-36(4,32)33)13-21(22)28-19-14-26-24(34-3)27-15-19/h5-6,13-15,17,20,28H,7-12,16H2,1-4H3,(H,29,31). The van der Waals surface area contributed by atoms with Gasteiger partial charge in [0, 0.05) is 25.8 Å². The van der Waals surface area contributed by atoms with Crippen molar-refractivity contribution in [2.75, 3.05) is 43.3 Å². The second-order valence-electron chi connectivity index (χ2n) is 9.99. The van der Waals surface area contributed by atoms with Crippen molar-refractivity contribution in [2.45, 2.75) is 51.0 Å². The molecule has 0 spiro atoms. The van der Waals surface area contributed by atoms with Gasteiger partial charge in [-0.3, -0.25) is 9.52 Å². The first-order chi connectivity index (χ1) is 17.1. The molecule has 0 radical (unpaired) electrons. The van der Waals surface area contributed by atoms with E-state index in [-0.39, 0.29) is 6.01 Å². The summed E-state index contributed by atoms with van der Waals surface area (Å²) in [4.78, 5) is 23.7. The van der Waals surface area contributed by atoms with Crippen LogP contribution in [0.15, 0.2) is 30.6 Å². The van der Waals surface area contributed by atoms with E-state index in [9.17, 15) is 13.2 Å². The number of aromatic nitrogens is 2. The Kier molecular flexibility index (Phi) is 7.70. The molecule has 0 unspecified atom stereocenters. The maximum absolute atomic E-state index is 12.9. The summed E-state index contributed by atoms with van der Waals surface area (Å²) in [5.74, 6) is -0.0556. The fourth-order valence-electron chi connectivity index (χ4n) is 4.70. The maximum Gasteiger partial charge on any atom is 0.316 e. The largest absolute Gasteiger partial charge is 0.467 e. The van der Waals surface area contributed by atoms with Gasteiger partial charge in [-0.15, -0.1) is 0 Å². The second-order valence-corrected chi connectivity index (χ2v) is 11.7. The number of nitrogens with zero attached hydrogens (tertiary/aromatic N) is 3. The van der Waals surface area contributed by atoms with Crippen LogP contribution in [0.25, 0.3) is 0 Å². The Bertz CT molecular complexity index is 1180. The molecule has 1 aliphatic heterocycles.